The van der Waals surface area contributed by atoms with Crippen LogP contribution in [-0.4, -0.2) is 48.7 Å². The molecule has 7 nitrogen and oxygen atoms in total. The van der Waals surface area contributed by atoms with Crippen LogP contribution < -0.4 is 0 Å². The largest absolute Gasteiger partial charge is 0.335 e. The average molecular weight is 336 g/mol. The fourth-order valence-corrected chi connectivity index (χ4v) is 3.26. The Morgan fingerprint density at radius 3 is 2.88 bits per heavy atom. The maximum absolute atomic E-state index is 12.8. The highest BCUT2D eigenvalue weighted by Gasteiger charge is 2.27. The van der Waals surface area contributed by atoms with Crippen LogP contribution in [0.2, 0.25) is 0 Å². The Morgan fingerprint density at radius 2 is 2.08 bits per heavy atom. The highest BCUT2D eigenvalue weighted by atomic mass is 16.2. The van der Waals surface area contributed by atoms with E-state index in [1.54, 1.807) is 17.1 Å². The van der Waals surface area contributed by atoms with Gasteiger partial charge in [-0.25, -0.2) is 4.68 Å². The van der Waals surface area contributed by atoms with Gasteiger partial charge in [0.05, 0.1) is 18.8 Å². The first-order chi connectivity index (χ1) is 12.3. The van der Waals surface area contributed by atoms with Crippen LogP contribution in [0.25, 0.3) is 0 Å². The van der Waals surface area contributed by atoms with Gasteiger partial charge in [-0.05, 0) is 24.5 Å². The highest BCUT2D eigenvalue weighted by Crippen LogP contribution is 2.21. The standard InChI is InChI=1S/C18H20N6O/c25-18(22-10-4-8-16(13-22)24-11-5-9-19-24)17-14-23(21-20-17)12-15-6-2-1-3-7-15/h1-3,5-7,9,11,14,16H,4,8,10,12-13H2/t16-/m0/s1. The van der Waals surface area contributed by atoms with Crippen LogP contribution >= 0.6 is 0 Å². The summed E-state index contributed by atoms with van der Waals surface area (Å²) in [7, 11) is 0. The molecule has 1 fully saturated rings. The molecular formula is C18H20N6O. The van der Waals surface area contributed by atoms with Crippen molar-refractivity contribution in [1.29, 1.82) is 0 Å². The summed E-state index contributed by atoms with van der Waals surface area (Å²) in [6.07, 6.45) is 7.46. The summed E-state index contributed by atoms with van der Waals surface area (Å²) in [6.45, 7) is 2.02. The van der Waals surface area contributed by atoms with E-state index < -0.39 is 0 Å². The number of carbonyl (C=O) groups excluding carboxylic acids is 1. The summed E-state index contributed by atoms with van der Waals surface area (Å²) in [4.78, 5) is 14.6. The second-order valence-electron chi connectivity index (χ2n) is 6.32. The summed E-state index contributed by atoms with van der Waals surface area (Å²) in [5.74, 6) is -0.0591. The molecule has 0 saturated carbocycles. The molecule has 1 saturated heterocycles. The van der Waals surface area contributed by atoms with Crippen molar-refractivity contribution in [3.05, 3.63) is 66.2 Å². The molecule has 0 bridgehead atoms. The van der Waals surface area contributed by atoms with Crippen molar-refractivity contribution in [2.45, 2.75) is 25.4 Å². The third-order valence-corrected chi connectivity index (χ3v) is 4.53. The molecule has 1 aliphatic heterocycles. The van der Waals surface area contributed by atoms with Crippen LogP contribution in [0.4, 0.5) is 0 Å². The first kappa shape index (κ1) is 15.6. The van der Waals surface area contributed by atoms with Gasteiger partial charge in [-0.1, -0.05) is 35.5 Å². The van der Waals surface area contributed by atoms with E-state index in [0.717, 1.165) is 24.9 Å². The molecule has 0 spiro atoms. The first-order valence-electron chi connectivity index (χ1n) is 8.52. The van der Waals surface area contributed by atoms with Crippen LogP contribution in [0.5, 0.6) is 0 Å². The van der Waals surface area contributed by atoms with Gasteiger partial charge in [0.1, 0.15) is 0 Å². The minimum Gasteiger partial charge on any atom is -0.335 e. The fourth-order valence-electron chi connectivity index (χ4n) is 3.26. The molecule has 1 aromatic carbocycles. The minimum absolute atomic E-state index is 0.0591. The van der Waals surface area contributed by atoms with Crippen LogP contribution in [0.1, 0.15) is 34.9 Å². The second kappa shape index (κ2) is 6.88. The Kier molecular flexibility index (Phi) is 4.28. The monoisotopic (exact) mass is 336 g/mol. The highest BCUT2D eigenvalue weighted by molar-refractivity contribution is 5.92. The Labute approximate surface area is 145 Å². The Bertz CT molecular complexity index is 826. The zero-order valence-electron chi connectivity index (χ0n) is 13.9. The van der Waals surface area contributed by atoms with Gasteiger partial charge in [0.2, 0.25) is 0 Å². The normalized spacial score (nSPS) is 17.6. The maximum Gasteiger partial charge on any atom is 0.276 e. The van der Waals surface area contributed by atoms with E-state index in [1.165, 1.54) is 0 Å². The van der Waals surface area contributed by atoms with Crippen molar-refractivity contribution in [2.75, 3.05) is 13.1 Å². The van der Waals surface area contributed by atoms with E-state index in [0.29, 0.717) is 18.8 Å². The van der Waals surface area contributed by atoms with Crippen LogP contribution in [0.15, 0.2) is 55.0 Å². The molecule has 4 rings (SSSR count). The number of piperidine rings is 1. The molecule has 0 aliphatic carbocycles. The number of carbonyl (C=O) groups is 1. The number of rotatable bonds is 4. The summed E-state index contributed by atoms with van der Waals surface area (Å²) in [5.41, 5.74) is 1.53. The molecule has 1 amide bonds. The van der Waals surface area contributed by atoms with Crippen LogP contribution in [0, 0.1) is 0 Å². The van der Waals surface area contributed by atoms with Gasteiger partial charge in [-0.3, -0.25) is 9.48 Å². The lowest BCUT2D eigenvalue weighted by atomic mass is 10.1. The number of likely N-dealkylation sites (tertiary alicyclic amines) is 1. The molecule has 0 radical (unpaired) electrons. The third kappa shape index (κ3) is 3.45. The van der Waals surface area contributed by atoms with Gasteiger partial charge < -0.3 is 4.90 Å². The molecule has 7 heteroatoms. The SMILES string of the molecule is O=C(c1cn(Cc2ccccc2)nn1)N1CCC[C@H](n2cccn2)C1. The summed E-state index contributed by atoms with van der Waals surface area (Å²) < 4.78 is 3.64. The van der Waals surface area contributed by atoms with Gasteiger partial charge >= 0.3 is 0 Å². The molecule has 25 heavy (non-hydrogen) atoms. The number of nitrogens with zero attached hydrogens (tertiary/aromatic N) is 6. The molecular weight excluding hydrogens is 316 g/mol. The quantitative estimate of drug-likeness (QED) is 0.731. The number of benzene rings is 1. The second-order valence-corrected chi connectivity index (χ2v) is 6.32. The van der Waals surface area contributed by atoms with Crippen molar-refractivity contribution >= 4 is 5.91 Å². The van der Waals surface area contributed by atoms with Gasteiger partial charge in [-0.15, -0.1) is 5.10 Å². The van der Waals surface area contributed by atoms with Crippen LogP contribution in [0.3, 0.4) is 0 Å². The molecule has 3 aromatic rings. The Hall–Kier alpha value is -2.96. The number of aromatic nitrogens is 5. The molecule has 1 aliphatic rings. The molecule has 128 valence electrons. The van der Waals surface area contributed by atoms with E-state index in [9.17, 15) is 4.79 Å². The predicted molar refractivity (Wildman–Crippen MR) is 92.0 cm³/mol. The van der Waals surface area contributed by atoms with E-state index >= 15 is 0 Å². The Morgan fingerprint density at radius 1 is 1.20 bits per heavy atom. The summed E-state index contributed by atoms with van der Waals surface area (Å²) in [6, 6.07) is 12.2. The van der Waals surface area contributed by atoms with E-state index in [4.69, 9.17) is 0 Å². The minimum atomic E-state index is -0.0591. The molecule has 0 unspecified atom stereocenters. The third-order valence-electron chi connectivity index (χ3n) is 4.53. The molecule has 3 heterocycles. The summed E-state index contributed by atoms with van der Waals surface area (Å²) >= 11 is 0. The molecule has 0 N–H and O–H groups in total. The Balaban J connectivity index is 1.44. The van der Waals surface area contributed by atoms with Crippen molar-refractivity contribution in [2.24, 2.45) is 0 Å². The van der Waals surface area contributed by atoms with Gasteiger partial charge in [0.25, 0.3) is 5.91 Å². The maximum atomic E-state index is 12.8. The summed E-state index contributed by atoms with van der Waals surface area (Å²) in [5, 5.41) is 12.5. The van der Waals surface area contributed by atoms with Crippen molar-refractivity contribution in [1.82, 2.24) is 29.7 Å². The van der Waals surface area contributed by atoms with E-state index in [2.05, 4.69) is 15.4 Å². The fraction of sp³-hybridized carbons (Fsp3) is 0.333. The van der Waals surface area contributed by atoms with E-state index in [1.807, 2.05) is 52.2 Å². The molecule has 2 aromatic heterocycles. The lowest BCUT2D eigenvalue weighted by molar-refractivity contribution is 0.0667. The number of hydrogen-bond donors (Lipinski definition) is 0. The van der Waals surface area contributed by atoms with Crippen molar-refractivity contribution in [3.63, 3.8) is 0 Å². The van der Waals surface area contributed by atoms with Crippen molar-refractivity contribution < 1.29 is 4.79 Å². The van der Waals surface area contributed by atoms with Crippen LogP contribution in [-0.2, 0) is 6.54 Å². The topological polar surface area (TPSA) is 68.8 Å². The predicted octanol–water partition coefficient (Wildman–Crippen LogP) is 2.00. The smallest absolute Gasteiger partial charge is 0.276 e. The van der Waals surface area contributed by atoms with Gasteiger partial charge in [0.15, 0.2) is 5.69 Å². The lowest BCUT2D eigenvalue weighted by Gasteiger charge is -2.32. The first-order valence-corrected chi connectivity index (χ1v) is 8.52. The zero-order chi connectivity index (χ0) is 17.1. The zero-order valence-corrected chi connectivity index (χ0v) is 13.9. The van der Waals surface area contributed by atoms with Gasteiger partial charge in [-0.2, -0.15) is 5.10 Å². The number of hydrogen-bond acceptors (Lipinski definition) is 4. The van der Waals surface area contributed by atoms with Gasteiger partial charge in [0, 0.05) is 25.5 Å². The van der Waals surface area contributed by atoms with Crippen molar-refractivity contribution in [3.8, 4) is 0 Å². The number of amides is 1. The average Bonchev–Trinajstić information content (AvgIpc) is 3.34. The molecule has 1 atom stereocenters. The lowest BCUT2D eigenvalue weighted by Crippen LogP contribution is -2.41. The van der Waals surface area contributed by atoms with E-state index in [-0.39, 0.29) is 11.9 Å².